The number of anilines is 1. The zero-order valence-corrected chi connectivity index (χ0v) is 9.42. The van der Waals surface area contributed by atoms with E-state index in [1.807, 2.05) is 24.3 Å². The molecule has 2 aromatic rings. The van der Waals surface area contributed by atoms with Gasteiger partial charge >= 0.3 is 0 Å². The number of aromatic amines is 1. The second-order valence-corrected chi connectivity index (χ2v) is 3.59. The molecule has 0 aliphatic rings. The molecule has 1 heterocycles. The maximum atomic E-state index is 12.0. The van der Waals surface area contributed by atoms with Crippen LogP contribution in [0, 0.1) is 0 Å². The van der Waals surface area contributed by atoms with Crippen molar-refractivity contribution < 1.29 is 4.79 Å². The summed E-state index contributed by atoms with van der Waals surface area (Å²) < 4.78 is 0. The van der Waals surface area contributed by atoms with Gasteiger partial charge in [-0.15, -0.1) is 0 Å². The van der Waals surface area contributed by atoms with Gasteiger partial charge in [0, 0.05) is 19.3 Å². The van der Waals surface area contributed by atoms with Gasteiger partial charge in [-0.25, -0.2) is 0 Å². The average Bonchev–Trinajstić information content (AvgIpc) is 2.91. The Labute approximate surface area is 98.4 Å². The summed E-state index contributed by atoms with van der Waals surface area (Å²) in [4.78, 5) is 13.5. The number of carbonyl (C=O) groups excluding carboxylic acids is 1. The number of nitrogens with one attached hydrogen (secondary N) is 1. The molecule has 0 fully saturated rings. The van der Waals surface area contributed by atoms with Crippen molar-refractivity contribution in [2.24, 2.45) is 5.73 Å². The van der Waals surface area contributed by atoms with Gasteiger partial charge in [-0.3, -0.25) is 4.79 Å². The second kappa shape index (κ2) is 4.75. The van der Waals surface area contributed by atoms with E-state index in [4.69, 9.17) is 5.73 Å². The molecule has 0 atom stereocenters. The number of nitrogens with zero attached hydrogens (tertiary/aromatic N) is 3. The van der Waals surface area contributed by atoms with Gasteiger partial charge in [0.1, 0.15) is 0 Å². The summed E-state index contributed by atoms with van der Waals surface area (Å²) in [6, 6.07) is 7.50. The number of nitrogens with two attached hydrogens (primary N) is 1. The van der Waals surface area contributed by atoms with Crippen LogP contribution in [0.2, 0.25) is 0 Å². The first-order valence-corrected chi connectivity index (χ1v) is 5.15. The topological polar surface area (TPSA) is 87.9 Å². The SMILES string of the molecule is CN(C(=O)c1cn[nH]n1)c1cccc(CN)c1. The van der Waals surface area contributed by atoms with Crippen LogP contribution < -0.4 is 10.6 Å². The number of amides is 1. The number of aromatic nitrogens is 3. The molecule has 0 radical (unpaired) electrons. The third-order valence-electron chi connectivity index (χ3n) is 2.47. The molecular formula is C11H13N5O. The first kappa shape index (κ1) is 11.3. The Bertz CT molecular complexity index is 508. The molecule has 0 bridgehead atoms. The van der Waals surface area contributed by atoms with Crippen LogP contribution in [-0.2, 0) is 6.54 Å². The molecule has 1 aromatic carbocycles. The number of hydrogen-bond donors (Lipinski definition) is 2. The smallest absolute Gasteiger partial charge is 0.280 e. The molecule has 6 heteroatoms. The zero-order chi connectivity index (χ0) is 12.3. The lowest BCUT2D eigenvalue weighted by atomic mass is 10.2. The standard InChI is InChI=1S/C11H13N5O/c1-16(11(17)10-7-13-15-14-10)9-4-2-3-8(5-9)6-12/h2-5,7H,6,12H2,1H3,(H,13,14,15). The summed E-state index contributed by atoms with van der Waals surface area (Å²) in [5, 5.41) is 9.77. The molecule has 88 valence electrons. The molecule has 17 heavy (non-hydrogen) atoms. The fraction of sp³-hybridized carbons (Fsp3) is 0.182. The van der Waals surface area contributed by atoms with E-state index in [1.54, 1.807) is 7.05 Å². The first-order chi connectivity index (χ1) is 8.22. The van der Waals surface area contributed by atoms with Gasteiger partial charge in [0.15, 0.2) is 5.69 Å². The van der Waals surface area contributed by atoms with E-state index < -0.39 is 0 Å². The highest BCUT2D eigenvalue weighted by Gasteiger charge is 2.15. The van der Waals surface area contributed by atoms with Crippen LogP contribution in [0.25, 0.3) is 0 Å². The highest BCUT2D eigenvalue weighted by molar-refractivity contribution is 6.04. The summed E-state index contributed by atoms with van der Waals surface area (Å²) in [7, 11) is 1.69. The fourth-order valence-electron chi connectivity index (χ4n) is 1.49. The minimum absolute atomic E-state index is 0.215. The van der Waals surface area contributed by atoms with Gasteiger partial charge in [-0.2, -0.15) is 15.4 Å². The van der Waals surface area contributed by atoms with Crippen LogP contribution in [0.5, 0.6) is 0 Å². The van der Waals surface area contributed by atoms with Crippen molar-refractivity contribution in [1.82, 2.24) is 15.4 Å². The Morgan fingerprint density at radius 3 is 3.00 bits per heavy atom. The largest absolute Gasteiger partial charge is 0.326 e. The molecule has 1 aromatic heterocycles. The minimum Gasteiger partial charge on any atom is -0.326 e. The predicted octanol–water partition coefficient (Wildman–Crippen LogP) is 0.540. The maximum absolute atomic E-state index is 12.0. The lowest BCUT2D eigenvalue weighted by molar-refractivity contribution is 0.0988. The zero-order valence-electron chi connectivity index (χ0n) is 9.42. The van der Waals surface area contributed by atoms with Crippen LogP contribution in [-0.4, -0.2) is 28.4 Å². The van der Waals surface area contributed by atoms with Gasteiger partial charge in [-0.05, 0) is 17.7 Å². The van der Waals surface area contributed by atoms with Gasteiger partial charge in [0.2, 0.25) is 0 Å². The number of rotatable bonds is 3. The molecule has 1 amide bonds. The van der Waals surface area contributed by atoms with Gasteiger partial charge in [0.05, 0.1) is 6.20 Å². The Morgan fingerprint density at radius 2 is 2.35 bits per heavy atom. The number of benzene rings is 1. The van der Waals surface area contributed by atoms with Gasteiger partial charge in [-0.1, -0.05) is 12.1 Å². The Morgan fingerprint density at radius 1 is 1.53 bits per heavy atom. The van der Waals surface area contributed by atoms with Crippen LogP contribution in [0.4, 0.5) is 5.69 Å². The van der Waals surface area contributed by atoms with E-state index in [0.29, 0.717) is 6.54 Å². The third kappa shape index (κ3) is 2.31. The van der Waals surface area contributed by atoms with E-state index in [1.165, 1.54) is 11.1 Å². The molecule has 6 nitrogen and oxygen atoms in total. The summed E-state index contributed by atoms with van der Waals surface area (Å²) in [6.07, 6.45) is 1.39. The normalized spacial score (nSPS) is 10.2. The highest BCUT2D eigenvalue weighted by Crippen LogP contribution is 2.16. The van der Waals surface area contributed by atoms with Crippen molar-refractivity contribution in [3.63, 3.8) is 0 Å². The highest BCUT2D eigenvalue weighted by atomic mass is 16.2. The van der Waals surface area contributed by atoms with Crippen molar-refractivity contribution in [3.05, 3.63) is 41.7 Å². The van der Waals surface area contributed by atoms with E-state index in [0.717, 1.165) is 11.3 Å². The molecule has 0 saturated carbocycles. The Kier molecular flexibility index (Phi) is 3.15. The quantitative estimate of drug-likeness (QED) is 0.807. The monoisotopic (exact) mass is 231 g/mol. The lowest BCUT2D eigenvalue weighted by Crippen LogP contribution is -2.26. The maximum Gasteiger partial charge on any atom is 0.280 e. The molecule has 0 aliphatic heterocycles. The van der Waals surface area contributed by atoms with Crippen LogP contribution >= 0.6 is 0 Å². The van der Waals surface area contributed by atoms with Crippen LogP contribution in [0.3, 0.4) is 0 Å². The van der Waals surface area contributed by atoms with Crippen molar-refractivity contribution in [2.45, 2.75) is 6.54 Å². The van der Waals surface area contributed by atoms with Crippen LogP contribution in [0.15, 0.2) is 30.5 Å². The third-order valence-corrected chi connectivity index (χ3v) is 2.47. The Balaban J connectivity index is 2.24. The lowest BCUT2D eigenvalue weighted by Gasteiger charge is -2.16. The number of carbonyl (C=O) groups is 1. The molecule has 2 rings (SSSR count). The summed E-state index contributed by atoms with van der Waals surface area (Å²) in [5.74, 6) is -0.215. The second-order valence-electron chi connectivity index (χ2n) is 3.59. The predicted molar refractivity (Wildman–Crippen MR) is 63.4 cm³/mol. The van der Waals surface area contributed by atoms with Crippen LogP contribution in [0.1, 0.15) is 16.1 Å². The summed E-state index contributed by atoms with van der Waals surface area (Å²) >= 11 is 0. The van der Waals surface area contributed by atoms with Gasteiger partial charge < -0.3 is 10.6 Å². The molecular weight excluding hydrogens is 218 g/mol. The molecule has 0 spiro atoms. The summed E-state index contributed by atoms with van der Waals surface area (Å²) in [5.41, 5.74) is 7.59. The summed E-state index contributed by atoms with van der Waals surface area (Å²) in [6.45, 7) is 0.444. The van der Waals surface area contributed by atoms with Crippen molar-refractivity contribution in [3.8, 4) is 0 Å². The first-order valence-electron chi connectivity index (χ1n) is 5.15. The molecule has 0 aliphatic carbocycles. The number of H-pyrrole nitrogens is 1. The van der Waals surface area contributed by atoms with Gasteiger partial charge in [0.25, 0.3) is 5.91 Å². The Hall–Kier alpha value is -2.21. The minimum atomic E-state index is -0.215. The fourth-order valence-corrected chi connectivity index (χ4v) is 1.49. The van der Waals surface area contributed by atoms with E-state index in [-0.39, 0.29) is 11.6 Å². The van der Waals surface area contributed by atoms with Crippen molar-refractivity contribution in [2.75, 3.05) is 11.9 Å². The average molecular weight is 231 g/mol. The molecule has 3 N–H and O–H groups in total. The molecule has 0 saturated heterocycles. The van der Waals surface area contributed by atoms with E-state index in [2.05, 4.69) is 15.4 Å². The van der Waals surface area contributed by atoms with E-state index >= 15 is 0 Å². The van der Waals surface area contributed by atoms with E-state index in [9.17, 15) is 4.79 Å². The van der Waals surface area contributed by atoms with Crippen molar-refractivity contribution in [1.29, 1.82) is 0 Å². The number of hydrogen-bond acceptors (Lipinski definition) is 4. The van der Waals surface area contributed by atoms with Crippen molar-refractivity contribution >= 4 is 11.6 Å². The molecule has 0 unspecified atom stereocenters.